The van der Waals surface area contributed by atoms with E-state index in [-0.39, 0.29) is 36.0 Å². The average Bonchev–Trinajstić information content (AvgIpc) is 3.94. The number of carbonyl (C=O) groups excluding carboxylic acids is 3. The number of nitrogens with one attached hydrogen (secondary N) is 6. The number of carboxylic acid groups (broad SMARTS) is 3. The number of aliphatic carboxylic acids is 3. The number of amides is 3. The van der Waals surface area contributed by atoms with Crippen LogP contribution in [0.5, 0.6) is 0 Å². The molecule has 3 aromatic heterocycles. The van der Waals surface area contributed by atoms with Crippen LogP contribution in [0.25, 0.3) is 32.7 Å². The van der Waals surface area contributed by atoms with Crippen LogP contribution in [0.4, 0.5) is 0 Å². The van der Waals surface area contributed by atoms with Crippen LogP contribution < -0.4 is 16.0 Å². The van der Waals surface area contributed by atoms with Crippen molar-refractivity contribution in [3.05, 3.63) is 143 Å². The number of carboxylic acids is 3. The normalized spacial score (nSPS) is 12.8. The number of carbonyl (C=O) groups is 6. The first-order chi connectivity index (χ1) is 27.4. The summed E-state index contributed by atoms with van der Waals surface area (Å²) in [6.45, 7) is 0. The van der Waals surface area contributed by atoms with Crippen LogP contribution in [-0.4, -0.2) is 84.0 Å². The second-order valence-electron chi connectivity index (χ2n) is 13.6. The molecule has 3 atom stereocenters. The quantitative estimate of drug-likeness (QED) is 0.0716. The molecule has 0 aliphatic heterocycles. The highest BCUT2D eigenvalue weighted by molar-refractivity contribution is 6.06. The van der Waals surface area contributed by atoms with E-state index in [0.717, 1.165) is 50.9 Å². The molecule has 0 fully saturated rings. The summed E-state index contributed by atoms with van der Waals surface area (Å²) in [5, 5.41) is 40.0. The zero-order chi connectivity index (χ0) is 40.2. The van der Waals surface area contributed by atoms with Gasteiger partial charge >= 0.3 is 17.9 Å². The Morgan fingerprint density at radius 1 is 0.439 bits per heavy atom. The van der Waals surface area contributed by atoms with E-state index in [1.54, 1.807) is 55.0 Å². The van der Waals surface area contributed by atoms with Gasteiger partial charge in [0.1, 0.15) is 18.1 Å². The first kappa shape index (κ1) is 37.6. The lowest BCUT2D eigenvalue weighted by molar-refractivity contribution is -0.140. The maximum absolute atomic E-state index is 13.8. The second kappa shape index (κ2) is 16.0. The van der Waals surface area contributed by atoms with Crippen molar-refractivity contribution in [2.45, 2.75) is 37.4 Å². The molecule has 15 heteroatoms. The lowest BCUT2D eigenvalue weighted by atomic mass is 10.0. The first-order valence-electron chi connectivity index (χ1n) is 17.9. The Labute approximate surface area is 323 Å². The molecule has 288 valence electrons. The van der Waals surface area contributed by atoms with Gasteiger partial charge in [0.25, 0.3) is 17.7 Å². The van der Waals surface area contributed by atoms with E-state index >= 15 is 0 Å². The molecule has 4 aromatic carbocycles. The van der Waals surface area contributed by atoms with Crippen LogP contribution in [0.1, 0.15) is 47.8 Å². The average molecular weight is 769 g/mol. The summed E-state index contributed by atoms with van der Waals surface area (Å²) in [4.78, 5) is 87.8. The maximum Gasteiger partial charge on any atom is 0.326 e. The fourth-order valence-corrected chi connectivity index (χ4v) is 6.91. The zero-order valence-electron chi connectivity index (χ0n) is 30.0. The van der Waals surface area contributed by atoms with Gasteiger partial charge in [-0.1, -0.05) is 54.6 Å². The Bertz CT molecular complexity index is 2390. The number of aromatic nitrogens is 3. The number of hydrogen-bond donors (Lipinski definition) is 9. The summed E-state index contributed by atoms with van der Waals surface area (Å²) in [6.07, 6.45) is 4.60. The number of benzene rings is 4. The Hall–Kier alpha value is -7.68. The fourth-order valence-electron chi connectivity index (χ4n) is 6.91. The third-order valence-corrected chi connectivity index (χ3v) is 9.83. The van der Waals surface area contributed by atoms with E-state index < -0.39 is 53.8 Å². The molecule has 57 heavy (non-hydrogen) atoms. The molecular formula is C42H36N6O9. The smallest absolute Gasteiger partial charge is 0.326 e. The summed E-state index contributed by atoms with van der Waals surface area (Å²) in [7, 11) is 0. The molecule has 15 nitrogen and oxygen atoms in total. The molecule has 0 aliphatic rings. The molecule has 0 bridgehead atoms. The van der Waals surface area contributed by atoms with Gasteiger partial charge in [0.2, 0.25) is 0 Å². The minimum atomic E-state index is -1.44. The summed E-state index contributed by atoms with van der Waals surface area (Å²) < 4.78 is 0. The number of aromatic amines is 3. The van der Waals surface area contributed by atoms with Crippen LogP contribution in [0, 0.1) is 0 Å². The number of H-pyrrole nitrogens is 3. The Morgan fingerprint density at radius 2 is 0.702 bits per heavy atom. The van der Waals surface area contributed by atoms with Crippen molar-refractivity contribution in [2.75, 3.05) is 0 Å². The molecule has 0 saturated heterocycles. The molecule has 0 saturated carbocycles. The molecule has 9 N–H and O–H groups in total. The van der Waals surface area contributed by atoms with Crippen LogP contribution in [0.15, 0.2) is 110 Å². The van der Waals surface area contributed by atoms with E-state index in [9.17, 15) is 44.1 Å². The van der Waals surface area contributed by atoms with E-state index in [1.165, 1.54) is 0 Å². The molecule has 0 radical (unpaired) electrons. The van der Waals surface area contributed by atoms with Gasteiger partial charge in [-0.3, -0.25) is 14.4 Å². The van der Waals surface area contributed by atoms with Crippen molar-refractivity contribution in [2.24, 2.45) is 0 Å². The zero-order valence-corrected chi connectivity index (χ0v) is 30.0. The topological polar surface area (TPSA) is 247 Å². The number of fused-ring (bicyclic) bond motifs is 3. The van der Waals surface area contributed by atoms with E-state index in [0.29, 0.717) is 16.7 Å². The number of hydrogen-bond acceptors (Lipinski definition) is 6. The van der Waals surface area contributed by atoms with Crippen molar-refractivity contribution in [1.29, 1.82) is 0 Å². The van der Waals surface area contributed by atoms with E-state index in [1.807, 2.05) is 36.4 Å². The second-order valence-corrected chi connectivity index (χ2v) is 13.6. The minimum absolute atomic E-state index is 0.110. The van der Waals surface area contributed by atoms with Crippen LogP contribution in [-0.2, 0) is 33.6 Å². The van der Waals surface area contributed by atoms with Gasteiger partial charge < -0.3 is 46.2 Å². The molecule has 0 unspecified atom stereocenters. The van der Waals surface area contributed by atoms with Gasteiger partial charge in [-0.05, 0) is 53.1 Å². The minimum Gasteiger partial charge on any atom is -0.480 e. The molecular weight excluding hydrogens is 732 g/mol. The van der Waals surface area contributed by atoms with Crippen LogP contribution >= 0.6 is 0 Å². The molecule has 3 heterocycles. The number of rotatable bonds is 15. The van der Waals surface area contributed by atoms with Gasteiger partial charge in [-0.25, -0.2) is 14.4 Å². The summed E-state index contributed by atoms with van der Waals surface area (Å²) >= 11 is 0. The molecule has 0 spiro atoms. The predicted molar refractivity (Wildman–Crippen MR) is 209 cm³/mol. The molecule has 0 aliphatic carbocycles. The summed E-state index contributed by atoms with van der Waals surface area (Å²) in [5.41, 5.74) is 3.27. The van der Waals surface area contributed by atoms with Crippen LogP contribution in [0.3, 0.4) is 0 Å². The summed E-state index contributed by atoms with van der Waals surface area (Å²) in [6, 6.07) is 20.7. The van der Waals surface area contributed by atoms with Gasteiger partial charge in [-0.2, -0.15) is 0 Å². The van der Waals surface area contributed by atoms with Gasteiger partial charge in [0.15, 0.2) is 0 Å². The third-order valence-electron chi connectivity index (χ3n) is 9.83. The maximum atomic E-state index is 13.8. The highest BCUT2D eigenvalue weighted by Gasteiger charge is 2.28. The highest BCUT2D eigenvalue weighted by atomic mass is 16.4. The Balaban J connectivity index is 1.18. The van der Waals surface area contributed by atoms with E-state index in [2.05, 4.69) is 30.9 Å². The van der Waals surface area contributed by atoms with Crippen LogP contribution in [0.2, 0.25) is 0 Å². The standard InChI is InChI=1S/C42H36N6O9/c49-37(46-34(40(52)53)16-25-19-43-31-10-4-1-7-28(25)31)22-13-23(38(50)47-35(41(54)55)17-26-20-44-32-11-5-2-8-29(26)32)15-24(14-22)39(51)48-36(42(56)57)18-27-21-45-33-12-6-3-9-30(27)33/h1-15,19-21,34-36,43-45H,16-18H2,(H,46,49)(H,47,50)(H,48,51)(H,52,53)(H,54,55)(H,56,57)/t34-,35-,36-/m0/s1. The fraction of sp³-hybridized carbons (Fsp3) is 0.143. The highest BCUT2D eigenvalue weighted by Crippen LogP contribution is 2.23. The SMILES string of the molecule is O=C(N[C@@H](Cc1c[nH]c2ccccc12)C(=O)O)c1cc(C(=O)N[C@@H](Cc2c[nH]c3ccccc23)C(=O)O)cc(C(=O)N[C@@H](Cc2c[nH]c3ccccc23)C(=O)O)c1. The number of para-hydroxylation sites is 3. The third kappa shape index (κ3) is 8.22. The lowest BCUT2D eigenvalue weighted by Gasteiger charge is -2.18. The molecule has 7 rings (SSSR count). The van der Waals surface area contributed by atoms with Crippen molar-refractivity contribution >= 4 is 68.3 Å². The van der Waals surface area contributed by atoms with Crippen molar-refractivity contribution < 1.29 is 44.1 Å². The van der Waals surface area contributed by atoms with Gasteiger partial charge in [0, 0.05) is 87.3 Å². The van der Waals surface area contributed by atoms with Crippen molar-refractivity contribution in [3.8, 4) is 0 Å². The van der Waals surface area contributed by atoms with Crippen molar-refractivity contribution in [1.82, 2.24) is 30.9 Å². The Morgan fingerprint density at radius 3 is 0.965 bits per heavy atom. The first-order valence-corrected chi connectivity index (χ1v) is 17.9. The summed E-state index contributed by atoms with van der Waals surface area (Å²) in [5.74, 6) is -6.88. The van der Waals surface area contributed by atoms with Crippen molar-refractivity contribution in [3.63, 3.8) is 0 Å². The predicted octanol–water partition coefficient (Wildman–Crippen LogP) is 4.41. The molecule has 3 amide bonds. The monoisotopic (exact) mass is 768 g/mol. The Kier molecular flexibility index (Phi) is 10.5. The van der Waals surface area contributed by atoms with Gasteiger partial charge in [-0.15, -0.1) is 0 Å². The molecule has 7 aromatic rings. The van der Waals surface area contributed by atoms with E-state index in [4.69, 9.17) is 0 Å². The van der Waals surface area contributed by atoms with Gasteiger partial charge in [0.05, 0.1) is 0 Å². The largest absolute Gasteiger partial charge is 0.480 e. The lowest BCUT2D eigenvalue weighted by Crippen LogP contribution is -2.44.